The van der Waals surface area contributed by atoms with Crippen molar-refractivity contribution in [2.75, 3.05) is 0 Å². The molecule has 0 aliphatic heterocycles. The fourth-order valence-electron chi connectivity index (χ4n) is 10.5. The van der Waals surface area contributed by atoms with E-state index in [0.29, 0.717) is 33.0 Å². The van der Waals surface area contributed by atoms with E-state index >= 15 is 0 Å². The lowest BCUT2D eigenvalue weighted by molar-refractivity contribution is -0.202. The Morgan fingerprint density at radius 2 is 1.45 bits per heavy atom. The third-order valence-electron chi connectivity index (χ3n) is 13.0. The van der Waals surface area contributed by atoms with E-state index in [-0.39, 0.29) is 11.5 Å². The first-order chi connectivity index (χ1) is 14.2. The average molecular weight is 427 g/mol. The van der Waals surface area contributed by atoms with Crippen LogP contribution in [0, 0.1) is 50.2 Å². The van der Waals surface area contributed by atoms with Gasteiger partial charge in [0.25, 0.3) is 0 Å². The molecule has 0 aromatic carbocycles. The Hall–Kier alpha value is -0.300. The maximum atomic E-state index is 10.9. The van der Waals surface area contributed by atoms with Gasteiger partial charge in [0.05, 0.1) is 6.10 Å². The van der Waals surface area contributed by atoms with E-state index < -0.39 is 0 Å². The Kier molecular flexibility index (Phi) is 4.66. The van der Waals surface area contributed by atoms with Gasteiger partial charge in [-0.05, 0) is 114 Å². The highest BCUT2D eigenvalue weighted by Crippen LogP contribution is 2.75. The minimum absolute atomic E-state index is 0.0533. The highest BCUT2D eigenvalue weighted by Gasteiger charge is 2.67. The van der Waals surface area contributed by atoms with Crippen molar-refractivity contribution in [1.29, 1.82) is 0 Å². The van der Waals surface area contributed by atoms with Crippen LogP contribution in [0.3, 0.4) is 0 Å². The Morgan fingerprint density at radius 1 is 0.774 bits per heavy atom. The first-order valence-electron chi connectivity index (χ1n) is 13.6. The molecule has 4 fully saturated rings. The predicted molar refractivity (Wildman–Crippen MR) is 131 cm³/mol. The van der Waals surface area contributed by atoms with E-state index in [4.69, 9.17) is 0 Å². The largest absolute Gasteiger partial charge is 0.393 e. The summed E-state index contributed by atoms with van der Waals surface area (Å²) in [6, 6.07) is 0. The molecular weight excluding hydrogens is 376 g/mol. The van der Waals surface area contributed by atoms with Gasteiger partial charge in [0.15, 0.2) is 0 Å². The minimum Gasteiger partial charge on any atom is -0.393 e. The van der Waals surface area contributed by atoms with Gasteiger partial charge in [0.1, 0.15) is 0 Å². The Morgan fingerprint density at radius 3 is 2.16 bits per heavy atom. The molecule has 0 saturated heterocycles. The zero-order chi connectivity index (χ0) is 22.7. The maximum Gasteiger partial charge on any atom is 0.0594 e. The number of allylic oxidation sites excluding steroid dienone is 2. The van der Waals surface area contributed by atoms with Crippen LogP contribution < -0.4 is 0 Å². The summed E-state index contributed by atoms with van der Waals surface area (Å²) in [5.74, 6) is 2.21. The molecule has 0 radical (unpaired) electrons. The molecule has 0 aromatic rings. The van der Waals surface area contributed by atoms with Crippen molar-refractivity contribution in [3.63, 3.8) is 0 Å². The van der Waals surface area contributed by atoms with E-state index in [1.807, 2.05) is 5.57 Å². The highest BCUT2D eigenvalue weighted by molar-refractivity contribution is 5.33. The molecule has 0 aromatic heterocycles. The monoisotopic (exact) mass is 426 g/mol. The molecule has 5 aliphatic rings. The molecule has 0 spiro atoms. The minimum atomic E-state index is -0.125. The molecule has 1 heteroatoms. The molecule has 176 valence electrons. The Balaban J connectivity index is 1.57. The number of hydrogen-bond donors (Lipinski definition) is 1. The smallest absolute Gasteiger partial charge is 0.0594 e. The van der Waals surface area contributed by atoms with Gasteiger partial charge in [0, 0.05) is 0 Å². The summed E-state index contributed by atoms with van der Waals surface area (Å²) >= 11 is 0. The quantitative estimate of drug-likeness (QED) is 0.387. The van der Waals surface area contributed by atoms with E-state index in [1.165, 1.54) is 57.8 Å². The summed E-state index contributed by atoms with van der Waals surface area (Å²) in [5.41, 5.74) is 4.09. The van der Waals surface area contributed by atoms with Crippen molar-refractivity contribution in [3.8, 4) is 0 Å². The first kappa shape index (κ1) is 22.5. The third-order valence-corrected chi connectivity index (χ3v) is 13.0. The summed E-state index contributed by atoms with van der Waals surface area (Å²) in [4.78, 5) is 0. The molecule has 5 rings (SSSR count). The topological polar surface area (TPSA) is 20.2 Å². The predicted octanol–water partition coefficient (Wildman–Crippen LogP) is 8.17. The summed E-state index contributed by atoms with van der Waals surface area (Å²) in [7, 11) is 0. The van der Waals surface area contributed by atoms with E-state index in [0.717, 1.165) is 18.3 Å². The lowest BCUT2D eigenvalue weighted by atomic mass is 9.33. The van der Waals surface area contributed by atoms with Crippen molar-refractivity contribution in [1.82, 2.24) is 0 Å². The molecule has 8 atom stereocenters. The zero-order valence-electron chi connectivity index (χ0n) is 21.9. The lowest BCUT2D eigenvalue weighted by Gasteiger charge is -2.71. The molecule has 1 N–H and O–H groups in total. The van der Waals surface area contributed by atoms with Crippen LogP contribution in [0.4, 0.5) is 0 Å². The van der Waals surface area contributed by atoms with Crippen LogP contribution in [0.2, 0.25) is 0 Å². The second kappa shape index (κ2) is 6.43. The van der Waals surface area contributed by atoms with Crippen LogP contribution >= 0.6 is 0 Å². The van der Waals surface area contributed by atoms with E-state index in [9.17, 15) is 5.11 Å². The second-order valence-corrected chi connectivity index (χ2v) is 15.2. The van der Waals surface area contributed by atoms with E-state index in [1.54, 1.807) is 0 Å². The number of aliphatic hydroxyl groups is 1. The van der Waals surface area contributed by atoms with Gasteiger partial charge in [-0.1, -0.05) is 67.0 Å². The molecular formula is C30H50O. The molecule has 1 nitrogen and oxygen atoms in total. The van der Waals surface area contributed by atoms with Crippen LogP contribution in [-0.2, 0) is 0 Å². The van der Waals surface area contributed by atoms with Gasteiger partial charge in [-0.25, -0.2) is 0 Å². The Bertz CT molecular complexity index is 790. The molecule has 0 amide bonds. The fraction of sp³-hybridized carbons (Fsp3) is 0.933. The number of fused-ring (bicyclic) bond motifs is 7. The van der Waals surface area contributed by atoms with Crippen molar-refractivity contribution in [2.45, 2.75) is 126 Å². The number of rotatable bonds is 0. The summed E-state index contributed by atoms with van der Waals surface area (Å²) < 4.78 is 0. The van der Waals surface area contributed by atoms with Gasteiger partial charge >= 0.3 is 0 Å². The lowest BCUT2D eigenvalue weighted by Crippen LogP contribution is -2.64. The van der Waals surface area contributed by atoms with Crippen LogP contribution in [-0.4, -0.2) is 11.2 Å². The number of aliphatic hydroxyl groups excluding tert-OH is 1. The van der Waals surface area contributed by atoms with Crippen LogP contribution in [0.25, 0.3) is 0 Å². The van der Waals surface area contributed by atoms with Gasteiger partial charge in [0.2, 0.25) is 0 Å². The molecule has 0 unspecified atom stereocenters. The van der Waals surface area contributed by atoms with Gasteiger partial charge in [-0.2, -0.15) is 0 Å². The van der Waals surface area contributed by atoms with Gasteiger partial charge in [-0.3, -0.25) is 0 Å². The number of hydrogen-bond acceptors (Lipinski definition) is 1. The third kappa shape index (κ3) is 2.77. The maximum absolute atomic E-state index is 10.9. The molecule has 5 aliphatic carbocycles. The van der Waals surface area contributed by atoms with Crippen LogP contribution in [0.1, 0.15) is 120 Å². The van der Waals surface area contributed by atoms with Gasteiger partial charge in [-0.15, -0.1) is 0 Å². The fourth-order valence-corrected chi connectivity index (χ4v) is 10.5. The molecule has 0 bridgehead atoms. The standard InChI is InChI=1S/C30H50O/c1-25(2)15-16-27(5)17-18-29(7)20(21(27)19-25)9-10-23-28(6)13-12-24(31)26(3,4)22(28)11-14-30(23,29)8/h9,21-24,31H,10-19H2,1-8H3/t21-,22+,23-,24-,27+,28-,29+,30+/m1/s1. The van der Waals surface area contributed by atoms with Crippen LogP contribution in [0.5, 0.6) is 0 Å². The zero-order valence-corrected chi connectivity index (χ0v) is 21.9. The summed E-state index contributed by atoms with van der Waals surface area (Å²) in [5, 5.41) is 10.9. The Labute approximate surface area is 192 Å². The van der Waals surface area contributed by atoms with Crippen molar-refractivity contribution in [3.05, 3.63) is 11.6 Å². The second-order valence-electron chi connectivity index (χ2n) is 15.2. The normalized spacial score (nSPS) is 55.2. The van der Waals surface area contributed by atoms with Crippen molar-refractivity contribution >= 4 is 0 Å². The van der Waals surface area contributed by atoms with Crippen molar-refractivity contribution in [2.24, 2.45) is 50.2 Å². The van der Waals surface area contributed by atoms with Crippen LogP contribution in [0.15, 0.2) is 11.6 Å². The van der Waals surface area contributed by atoms with E-state index in [2.05, 4.69) is 61.5 Å². The first-order valence-corrected chi connectivity index (χ1v) is 13.6. The highest BCUT2D eigenvalue weighted by atomic mass is 16.3. The summed E-state index contributed by atoms with van der Waals surface area (Å²) in [6.45, 7) is 20.4. The molecule has 0 heterocycles. The van der Waals surface area contributed by atoms with Crippen molar-refractivity contribution < 1.29 is 5.11 Å². The average Bonchev–Trinajstić information content (AvgIpc) is 2.67. The SMILES string of the molecule is CC1(C)CC[C@@]2(C)CC[C@@]3(C)C(=CC[C@@H]4[C@]5(C)CC[C@@H](O)C(C)(C)[C@@H]5CC[C@@]43C)[C@H]2C1. The molecule has 4 saturated carbocycles. The van der Waals surface area contributed by atoms with Gasteiger partial charge < -0.3 is 5.11 Å². The molecule has 31 heavy (non-hydrogen) atoms. The summed E-state index contributed by atoms with van der Waals surface area (Å²) in [6.07, 6.45) is 15.9.